The summed E-state index contributed by atoms with van der Waals surface area (Å²) in [6.07, 6.45) is 0.883. The molecular formula is C20H20BrNO2. The van der Waals surface area contributed by atoms with Crippen LogP contribution in [0, 0.1) is 26.7 Å². The molecule has 4 heteroatoms. The molecule has 1 heterocycles. The molecule has 3 rings (SSSR count). The van der Waals surface area contributed by atoms with E-state index in [0.717, 1.165) is 15.6 Å². The highest BCUT2D eigenvalue weighted by Crippen LogP contribution is 2.31. The second-order valence-corrected chi connectivity index (χ2v) is 7.46. The fourth-order valence-corrected chi connectivity index (χ4v) is 3.68. The van der Waals surface area contributed by atoms with Gasteiger partial charge in [0.1, 0.15) is 0 Å². The number of anilines is 1. The summed E-state index contributed by atoms with van der Waals surface area (Å²) in [7, 11) is 0. The minimum absolute atomic E-state index is 0.102. The molecular weight excluding hydrogens is 366 g/mol. The van der Waals surface area contributed by atoms with E-state index in [2.05, 4.69) is 34.1 Å². The van der Waals surface area contributed by atoms with E-state index >= 15 is 0 Å². The first-order chi connectivity index (χ1) is 11.3. The van der Waals surface area contributed by atoms with E-state index in [4.69, 9.17) is 0 Å². The molecule has 0 N–H and O–H groups in total. The van der Waals surface area contributed by atoms with Gasteiger partial charge >= 0.3 is 0 Å². The number of nitrogens with zero attached hydrogens (tertiary/aromatic N) is 1. The molecule has 0 aromatic heterocycles. The van der Waals surface area contributed by atoms with Crippen molar-refractivity contribution < 1.29 is 9.59 Å². The van der Waals surface area contributed by atoms with Crippen molar-refractivity contribution >= 4 is 33.4 Å². The number of carbonyl (C=O) groups excluding carboxylic acids is 2. The number of halogens is 1. The molecule has 0 saturated carbocycles. The van der Waals surface area contributed by atoms with Crippen molar-refractivity contribution in [3.63, 3.8) is 0 Å². The van der Waals surface area contributed by atoms with Gasteiger partial charge in [0.15, 0.2) is 0 Å². The van der Waals surface area contributed by atoms with Crippen molar-refractivity contribution in [3.8, 4) is 0 Å². The summed E-state index contributed by atoms with van der Waals surface area (Å²) in [6.45, 7) is 6.08. The third kappa shape index (κ3) is 3.29. The van der Waals surface area contributed by atoms with E-state index in [-0.39, 0.29) is 24.2 Å². The molecule has 2 aromatic carbocycles. The van der Waals surface area contributed by atoms with Crippen LogP contribution in [0.1, 0.15) is 28.7 Å². The smallest absolute Gasteiger partial charge is 0.237 e. The maximum Gasteiger partial charge on any atom is 0.237 e. The fraction of sp³-hybridized carbons (Fsp3) is 0.300. The summed E-state index contributed by atoms with van der Waals surface area (Å²) in [5.41, 5.74) is 5.20. The van der Waals surface area contributed by atoms with Gasteiger partial charge in [0.25, 0.3) is 0 Å². The van der Waals surface area contributed by atoms with E-state index in [0.29, 0.717) is 12.1 Å². The average Bonchev–Trinajstić information content (AvgIpc) is 2.75. The third-order valence-corrected chi connectivity index (χ3v) is 5.27. The van der Waals surface area contributed by atoms with Crippen molar-refractivity contribution in [2.24, 2.45) is 5.92 Å². The topological polar surface area (TPSA) is 37.4 Å². The number of amides is 2. The molecule has 24 heavy (non-hydrogen) atoms. The standard InChI is InChI=1S/C20H20BrNO2/c1-12-6-13(2)8-15(7-12)9-16-10-19(23)22(20(16)24)17-5-4-14(3)18(21)11-17/h4-8,11,16H,9-10H2,1-3H3/t16-/m0/s1. The average molecular weight is 386 g/mol. The zero-order valence-corrected chi connectivity index (χ0v) is 15.7. The Balaban J connectivity index is 1.84. The quantitative estimate of drug-likeness (QED) is 0.729. The second kappa shape index (κ2) is 6.52. The minimum atomic E-state index is -0.279. The highest BCUT2D eigenvalue weighted by molar-refractivity contribution is 9.10. The van der Waals surface area contributed by atoms with Crippen LogP contribution in [0.25, 0.3) is 0 Å². The summed E-state index contributed by atoms with van der Waals surface area (Å²) in [5.74, 6) is -0.501. The monoisotopic (exact) mass is 385 g/mol. The Labute approximate surface area is 150 Å². The molecule has 0 spiro atoms. The van der Waals surface area contributed by atoms with E-state index in [1.165, 1.54) is 16.0 Å². The molecule has 1 saturated heterocycles. The first-order valence-corrected chi connectivity index (χ1v) is 8.84. The van der Waals surface area contributed by atoms with E-state index in [9.17, 15) is 9.59 Å². The molecule has 0 unspecified atom stereocenters. The fourth-order valence-electron chi connectivity index (χ4n) is 3.32. The van der Waals surface area contributed by atoms with Gasteiger partial charge in [0.05, 0.1) is 11.6 Å². The number of carbonyl (C=O) groups is 2. The molecule has 1 atom stereocenters. The molecule has 0 bridgehead atoms. The Morgan fingerprint density at radius 2 is 1.71 bits per heavy atom. The summed E-state index contributed by atoms with van der Waals surface area (Å²) >= 11 is 3.47. The molecule has 3 nitrogen and oxygen atoms in total. The number of imide groups is 1. The van der Waals surface area contributed by atoms with Crippen LogP contribution in [0.15, 0.2) is 40.9 Å². The number of aryl methyl sites for hydroxylation is 3. The Hall–Kier alpha value is -1.94. The lowest BCUT2D eigenvalue weighted by molar-refractivity contribution is -0.122. The van der Waals surface area contributed by atoms with Gasteiger partial charge < -0.3 is 0 Å². The summed E-state index contributed by atoms with van der Waals surface area (Å²) < 4.78 is 0.901. The normalized spacial score (nSPS) is 17.7. The van der Waals surface area contributed by atoms with Gasteiger partial charge in [-0.2, -0.15) is 0 Å². The lowest BCUT2D eigenvalue weighted by Crippen LogP contribution is -2.30. The van der Waals surface area contributed by atoms with Crippen LogP contribution >= 0.6 is 15.9 Å². The van der Waals surface area contributed by atoms with Crippen LogP contribution in [-0.4, -0.2) is 11.8 Å². The Morgan fingerprint density at radius 1 is 1.04 bits per heavy atom. The van der Waals surface area contributed by atoms with Gasteiger partial charge in [-0.05, 0) is 50.5 Å². The lowest BCUT2D eigenvalue weighted by Gasteiger charge is -2.16. The largest absolute Gasteiger partial charge is 0.274 e. The van der Waals surface area contributed by atoms with Gasteiger partial charge in [0, 0.05) is 10.9 Å². The van der Waals surface area contributed by atoms with Crippen molar-refractivity contribution in [2.75, 3.05) is 4.90 Å². The van der Waals surface area contributed by atoms with Crippen molar-refractivity contribution in [2.45, 2.75) is 33.6 Å². The van der Waals surface area contributed by atoms with E-state index in [1.54, 1.807) is 0 Å². The number of hydrogen-bond acceptors (Lipinski definition) is 2. The molecule has 1 aliphatic rings. The molecule has 124 valence electrons. The van der Waals surface area contributed by atoms with Crippen LogP contribution in [0.5, 0.6) is 0 Å². The van der Waals surface area contributed by atoms with Gasteiger partial charge in [-0.3, -0.25) is 14.5 Å². The van der Waals surface area contributed by atoms with Gasteiger partial charge in [-0.1, -0.05) is 51.3 Å². The number of rotatable bonds is 3. The molecule has 2 aromatic rings. The van der Waals surface area contributed by atoms with Crippen LogP contribution in [0.4, 0.5) is 5.69 Å². The maximum atomic E-state index is 12.8. The predicted molar refractivity (Wildman–Crippen MR) is 99.1 cm³/mol. The van der Waals surface area contributed by atoms with Crippen LogP contribution in [-0.2, 0) is 16.0 Å². The molecule has 2 amide bonds. The van der Waals surface area contributed by atoms with Gasteiger partial charge in [0.2, 0.25) is 11.8 Å². The number of hydrogen-bond donors (Lipinski definition) is 0. The van der Waals surface area contributed by atoms with Crippen LogP contribution in [0.3, 0.4) is 0 Å². The van der Waals surface area contributed by atoms with Crippen LogP contribution < -0.4 is 4.90 Å². The van der Waals surface area contributed by atoms with Crippen molar-refractivity contribution in [3.05, 3.63) is 63.1 Å². The maximum absolute atomic E-state index is 12.8. The van der Waals surface area contributed by atoms with Crippen LogP contribution in [0.2, 0.25) is 0 Å². The zero-order chi connectivity index (χ0) is 17.4. The van der Waals surface area contributed by atoms with E-state index < -0.39 is 0 Å². The first kappa shape index (κ1) is 16.9. The highest BCUT2D eigenvalue weighted by atomic mass is 79.9. The number of benzene rings is 2. The molecule has 0 aliphatic carbocycles. The Morgan fingerprint density at radius 3 is 2.33 bits per heavy atom. The third-order valence-electron chi connectivity index (χ3n) is 4.42. The Kier molecular flexibility index (Phi) is 4.59. The van der Waals surface area contributed by atoms with Crippen molar-refractivity contribution in [1.82, 2.24) is 0 Å². The lowest BCUT2D eigenvalue weighted by atomic mass is 9.95. The SMILES string of the molecule is Cc1cc(C)cc(C[C@H]2CC(=O)N(c3ccc(C)c(Br)c3)C2=O)c1. The minimum Gasteiger partial charge on any atom is -0.274 e. The van der Waals surface area contributed by atoms with Gasteiger partial charge in [-0.15, -0.1) is 0 Å². The van der Waals surface area contributed by atoms with Crippen molar-refractivity contribution in [1.29, 1.82) is 0 Å². The summed E-state index contributed by atoms with van der Waals surface area (Å²) in [4.78, 5) is 26.5. The van der Waals surface area contributed by atoms with Gasteiger partial charge in [-0.25, -0.2) is 0 Å². The summed E-state index contributed by atoms with van der Waals surface area (Å²) in [5, 5.41) is 0. The molecule has 1 fully saturated rings. The predicted octanol–water partition coefficient (Wildman–Crippen LogP) is 4.50. The highest BCUT2D eigenvalue weighted by Gasteiger charge is 2.39. The van der Waals surface area contributed by atoms with E-state index in [1.807, 2.05) is 39.0 Å². The Bertz CT molecular complexity index is 808. The summed E-state index contributed by atoms with van der Waals surface area (Å²) in [6, 6.07) is 11.9. The molecule has 1 aliphatic heterocycles. The zero-order valence-electron chi connectivity index (χ0n) is 14.1. The molecule has 0 radical (unpaired) electrons. The second-order valence-electron chi connectivity index (χ2n) is 6.60. The first-order valence-electron chi connectivity index (χ1n) is 8.05.